The van der Waals surface area contributed by atoms with Crippen LogP contribution in [0.5, 0.6) is 0 Å². The van der Waals surface area contributed by atoms with Crippen molar-refractivity contribution in [2.75, 3.05) is 5.73 Å². The number of carbonyl (C=O) groups excluding carboxylic acids is 2. The molecule has 0 spiro atoms. The molecule has 0 saturated carbocycles. The molecular weight excluding hydrogens is 396 g/mol. The van der Waals surface area contributed by atoms with Crippen LogP contribution in [-0.2, 0) is 0 Å². The van der Waals surface area contributed by atoms with E-state index in [1.807, 2.05) is 25.7 Å². The Morgan fingerprint density at radius 1 is 1.11 bits per heavy atom. The van der Waals surface area contributed by atoms with Crippen LogP contribution >= 0.6 is 11.6 Å². The van der Waals surface area contributed by atoms with Crippen molar-refractivity contribution in [2.24, 2.45) is 0 Å². The van der Waals surface area contributed by atoms with Gasteiger partial charge in [-0.3, -0.25) is 24.3 Å². The summed E-state index contributed by atoms with van der Waals surface area (Å²) in [6.45, 7) is 6.14. The summed E-state index contributed by atoms with van der Waals surface area (Å²) >= 11 is 6.16. The number of aromatic nitrogens is 1. The molecule has 1 aromatic carbocycles. The van der Waals surface area contributed by atoms with Crippen molar-refractivity contribution < 1.29 is 9.59 Å². The van der Waals surface area contributed by atoms with Crippen molar-refractivity contribution in [3.8, 4) is 23.2 Å². The quantitative estimate of drug-likeness (QED) is 0.423. The Labute approximate surface area is 166 Å². The fourth-order valence-corrected chi connectivity index (χ4v) is 3.43. The number of halogens is 1. The van der Waals surface area contributed by atoms with Gasteiger partial charge in [-0.1, -0.05) is 37.2 Å². The number of anilines is 1. The smallest absolute Gasteiger partial charge is 0.262 e. The molecule has 2 heterocycles. The monoisotopic (exact) mass is 410 g/mol. The second-order valence-corrected chi connectivity index (χ2v) is 12.4. The predicted molar refractivity (Wildman–Crippen MR) is 108 cm³/mol. The van der Waals surface area contributed by atoms with Crippen molar-refractivity contribution in [3.63, 3.8) is 0 Å². The van der Waals surface area contributed by atoms with Gasteiger partial charge in [0.25, 0.3) is 17.4 Å². The molecule has 0 bridgehead atoms. The van der Waals surface area contributed by atoms with Crippen molar-refractivity contribution in [1.29, 1.82) is 5.26 Å². The fourth-order valence-electron chi connectivity index (χ4n) is 2.72. The summed E-state index contributed by atoms with van der Waals surface area (Å²) in [5, 5.41) is 11.5. The molecule has 0 atom stereocenters. The van der Waals surface area contributed by atoms with Crippen molar-refractivity contribution in [2.45, 2.75) is 19.6 Å². The second kappa shape index (κ2) is 6.68. The minimum absolute atomic E-state index is 0.0711. The number of pyridine rings is 1. The normalized spacial score (nSPS) is 12.7. The van der Waals surface area contributed by atoms with Crippen LogP contribution in [0.25, 0.3) is 5.69 Å². The number of benzene rings is 1. The molecule has 28 heavy (non-hydrogen) atoms. The maximum absolute atomic E-state index is 12.7. The summed E-state index contributed by atoms with van der Waals surface area (Å²) in [6, 6.07) is 5.92. The minimum atomic E-state index is -1.77. The molecule has 0 radical (unpaired) electrons. The molecule has 7 nitrogen and oxygen atoms in total. The SMILES string of the molecule is C[Si](C)(C)C#Cc1cc(C#N)c(Cl)cc1-n1c(N)c2c(cc1=O)C(=O)NC2=O. The molecule has 1 aromatic heterocycles. The first-order valence-corrected chi connectivity index (χ1v) is 12.1. The number of nitrogens with zero attached hydrogens (tertiary/aromatic N) is 2. The molecule has 2 aromatic rings. The van der Waals surface area contributed by atoms with Crippen LogP contribution in [-0.4, -0.2) is 24.5 Å². The molecule has 0 unspecified atom stereocenters. The molecule has 3 N–H and O–H groups in total. The lowest BCUT2D eigenvalue weighted by molar-refractivity contribution is 0.0880. The molecule has 0 saturated heterocycles. The van der Waals surface area contributed by atoms with Crippen molar-refractivity contribution in [3.05, 3.63) is 55.8 Å². The summed E-state index contributed by atoms with van der Waals surface area (Å²) in [5.74, 6) is 1.47. The zero-order chi connectivity index (χ0) is 20.8. The van der Waals surface area contributed by atoms with Gasteiger partial charge < -0.3 is 5.73 Å². The summed E-state index contributed by atoms with van der Waals surface area (Å²) < 4.78 is 1.08. The molecule has 1 aliphatic rings. The van der Waals surface area contributed by atoms with Crippen LogP contribution in [0.3, 0.4) is 0 Å². The number of nitrogens with two attached hydrogens (primary N) is 1. The van der Waals surface area contributed by atoms with Gasteiger partial charge in [0.15, 0.2) is 0 Å². The molecule has 3 rings (SSSR count). The predicted octanol–water partition coefficient (Wildman–Crippen LogP) is 2.06. The molecule has 1 aliphatic heterocycles. The van der Waals surface area contributed by atoms with Crippen LogP contribution < -0.4 is 16.6 Å². The van der Waals surface area contributed by atoms with Crippen LogP contribution in [0.1, 0.15) is 31.8 Å². The van der Waals surface area contributed by atoms with Crippen LogP contribution in [0.15, 0.2) is 23.0 Å². The number of nitriles is 1. The number of amides is 2. The van der Waals surface area contributed by atoms with E-state index < -0.39 is 25.4 Å². The molecule has 0 aliphatic carbocycles. The Balaban J connectivity index is 2.38. The largest absolute Gasteiger partial charge is 0.384 e. The first kappa shape index (κ1) is 19.4. The van der Waals surface area contributed by atoms with Gasteiger partial charge in [-0.25, -0.2) is 0 Å². The van der Waals surface area contributed by atoms with E-state index in [2.05, 4.69) is 16.8 Å². The molecule has 2 amide bonds. The first-order valence-electron chi connectivity index (χ1n) is 8.22. The minimum Gasteiger partial charge on any atom is -0.384 e. The Morgan fingerprint density at radius 2 is 1.79 bits per heavy atom. The van der Waals surface area contributed by atoms with E-state index in [-0.39, 0.29) is 33.2 Å². The van der Waals surface area contributed by atoms with Gasteiger partial charge in [0.2, 0.25) is 0 Å². The lowest BCUT2D eigenvalue weighted by Gasteiger charge is -2.15. The highest BCUT2D eigenvalue weighted by Gasteiger charge is 2.32. The zero-order valence-electron chi connectivity index (χ0n) is 15.3. The average molecular weight is 411 g/mol. The van der Waals surface area contributed by atoms with Crippen molar-refractivity contribution in [1.82, 2.24) is 9.88 Å². The summed E-state index contributed by atoms with van der Waals surface area (Å²) in [5.41, 5.74) is 9.33. The number of hydrogen-bond donors (Lipinski definition) is 2. The number of carbonyl (C=O) groups is 2. The third kappa shape index (κ3) is 3.31. The summed E-state index contributed by atoms with van der Waals surface area (Å²) in [7, 11) is -1.77. The molecular formula is C19H15ClN4O3Si. The Bertz CT molecular complexity index is 1220. The zero-order valence-corrected chi connectivity index (χ0v) is 17.1. The number of rotatable bonds is 1. The van der Waals surface area contributed by atoms with Crippen LogP contribution in [0, 0.1) is 22.8 Å². The third-order valence-corrected chi connectivity index (χ3v) is 5.16. The van der Waals surface area contributed by atoms with Gasteiger partial charge in [0.1, 0.15) is 20.0 Å². The van der Waals surface area contributed by atoms with E-state index in [4.69, 9.17) is 17.3 Å². The van der Waals surface area contributed by atoms with E-state index in [0.717, 1.165) is 10.6 Å². The highest BCUT2D eigenvalue weighted by Crippen LogP contribution is 2.28. The highest BCUT2D eigenvalue weighted by atomic mass is 35.5. The Kier molecular flexibility index (Phi) is 4.63. The standard InChI is InChI=1S/C19H15ClN4O3Si/c1-28(2,3)5-4-10-6-11(9-21)13(20)8-14(10)24-15(25)7-12-16(17(24)22)19(27)23-18(12)26/h6-8H,22H2,1-3H3,(H,23,26,27). The average Bonchev–Trinajstić information content (AvgIpc) is 2.87. The Hall–Kier alpha value is -3.33. The van der Waals surface area contributed by atoms with Gasteiger partial charge in [-0.15, -0.1) is 5.54 Å². The maximum Gasteiger partial charge on any atom is 0.262 e. The van der Waals surface area contributed by atoms with Gasteiger partial charge in [-0.2, -0.15) is 5.26 Å². The van der Waals surface area contributed by atoms with Gasteiger partial charge in [0.05, 0.1) is 27.4 Å². The number of nitrogen functional groups attached to an aromatic ring is 1. The van der Waals surface area contributed by atoms with E-state index in [1.165, 1.54) is 12.1 Å². The number of fused-ring (bicyclic) bond motifs is 1. The first-order chi connectivity index (χ1) is 13.0. The molecule has 140 valence electrons. The molecule has 9 heteroatoms. The third-order valence-electron chi connectivity index (χ3n) is 3.97. The van der Waals surface area contributed by atoms with Crippen molar-refractivity contribution >= 4 is 37.3 Å². The molecule has 0 fully saturated rings. The Morgan fingerprint density at radius 3 is 2.39 bits per heavy atom. The second-order valence-electron chi connectivity index (χ2n) is 7.24. The summed E-state index contributed by atoms with van der Waals surface area (Å²) in [6.07, 6.45) is 0. The van der Waals surface area contributed by atoms with Gasteiger partial charge in [-0.05, 0) is 12.1 Å². The van der Waals surface area contributed by atoms with Gasteiger partial charge in [0, 0.05) is 11.6 Å². The maximum atomic E-state index is 12.7. The topological polar surface area (TPSA) is 118 Å². The lowest BCUT2D eigenvalue weighted by Crippen LogP contribution is -2.25. The number of nitrogens with one attached hydrogen (secondary N) is 1. The van der Waals surface area contributed by atoms with E-state index in [1.54, 1.807) is 0 Å². The highest BCUT2D eigenvalue weighted by molar-refractivity contribution is 6.83. The van der Waals surface area contributed by atoms with Crippen LogP contribution in [0.4, 0.5) is 5.82 Å². The van der Waals surface area contributed by atoms with Gasteiger partial charge >= 0.3 is 0 Å². The fraction of sp³-hybridized carbons (Fsp3) is 0.158. The lowest BCUT2D eigenvalue weighted by atomic mass is 10.1. The van der Waals surface area contributed by atoms with E-state index in [0.29, 0.717) is 5.56 Å². The van der Waals surface area contributed by atoms with Crippen LogP contribution in [0.2, 0.25) is 24.7 Å². The number of hydrogen-bond acceptors (Lipinski definition) is 5. The van der Waals surface area contributed by atoms with E-state index in [9.17, 15) is 19.6 Å². The van der Waals surface area contributed by atoms with E-state index >= 15 is 0 Å². The summed E-state index contributed by atoms with van der Waals surface area (Å²) in [4.78, 5) is 36.6. The number of imide groups is 1.